The number of nitrogens with one attached hydrogen (secondary N) is 1. The van der Waals surface area contributed by atoms with Crippen LogP contribution >= 0.6 is 24.0 Å². The van der Waals surface area contributed by atoms with Crippen LogP contribution in [0.5, 0.6) is 0 Å². The molecule has 3 rings (SSSR count). The van der Waals surface area contributed by atoms with Gasteiger partial charge in [0.25, 0.3) is 0 Å². The Hall–Kier alpha value is -0.100. The fraction of sp³-hybridized carbons (Fsp3) is 0.933. The second-order valence-corrected chi connectivity index (χ2v) is 12.8. The fourth-order valence-electron chi connectivity index (χ4n) is 3.20. The molecule has 2 heterocycles. The third kappa shape index (κ3) is 5.21. The molecule has 0 aromatic heterocycles. The molecule has 7 nitrogen and oxygen atoms in total. The van der Waals surface area contributed by atoms with Gasteiger partial charge in [0.1, 0.15) is 0 Å². The maximum Gasteiger partial charge on any atom is 0.194 e. The number of hydrogen-bond acceptors (Lipinski definition) is 5. The molecule has 1 atom stereocenters. The molecule has 1 unspecified atom stereocenters. The Morgan fingerprint density at radius 2 is 1.84 bits per heavy atom. The van der Waals surface area contributed by atoms with Crippen molar-refractivity contribution < 1.29 is 16.8 Å². The van der Waals surface area contributed by atoms with Crippen LogP contribution in [0.1, 0.15) is 33.1 Å². The molecule has 3 aliphatic rings. The SMILES string of the molecule is CC1(C)CN(C(=NCC2CCS(=O)(=O)C2)NC2CC2)CCS1(=O)=O.I. The third-order valence-corrected chi connectivity index (χ3v) is 9.45. The Labute approximate surface area is 167 Å². The highest BCUT2D eigenvalue weighted by Gasteiger charge is 2.41. The molecule has 2 aliphatic heterocycles. The zero-order valence-corrected chi connectivity index (χ0v) is 18.7. The van der Waals surface area contributed by atoms with Gasteiger partial charge in [-0.05, 0) is 39.0 Å². The number of sulfone groups is 2. The molecular formula is C15H28IN3O4S2. The maximum atomic E-state index is 12.2. The van der Waals surface area contributed by atoms with Crippen molar-refractivity contribution in [2.45, 2.75) is 43.9 Å². The van der Waals surface area contributed by atoms with Crippen LogP contribution in [0, 0.1) is 5.92 Å². The summed E-state index contributed by atoms with van der Waals surface area (Å²) in [5.41, 5.74) is 0. The van der Waals surface area contributed by atoms with Gasteiger partial charge in [-0.3, -0.25) is 4.99 Å². The van der Waals surface area contributed by atoms with Crippen LogP contribution in [-0.2, 0) is 19.7 Å². The lowest BCUT2D eigenvalue weighted by Gasteiger charge is -2.39. The lowest BCUT2D eigenvalue weighted by molar-refractivity contribution is 0.351. The molecule has 146 valence electrons. The van der Waals surface area contributed by atoms with Crippen LogP contribution in [0.3, 0.4) is 0 Å². The van der Waals surface area contributed by atoms with Crippen molar-refractivity contribution in [1.82, 2.24) is 10.2 Å². The molecule has 0 amide bonds. The van der Waals surface area contributed by atoms with E-state index >= 15 is 0 Å². The standard InChI is InChI=1S/C15H27N3O4S2.HI/c1-15(2)11-18(6-8-24(15,21)22)14(17-13-3-4-13)16-9-12-5-7-23(19,20)10-12;/h12-13H,3-11H2,1-2H3,(H,16,17);1H. The fourth-order valence-corrected chi connectivity index (χ4v) is 6.42. The first kappa shape index (κ1) is 21.2. The van der Waals surface area contributed by atoms with Gasteiger partial charge >= 0.3 is 0 Å². The summed E-state index contributed by atoms with van der Waals surface area (Å²) in [6.45, 7) is 4.85. The normalized spacial score (nSPS) is 30.6. The molecule has 1 aliphatic carbocycles. The number of rotatable bonds is 3. The molecule has 0 aromatic carbocycles. The molecule has 0 radical (unpaired) electrons. The molecule has 0 spiro atoms. The first-order chi connectivity index (χ1) is 11.1. The zero-order valence-electron chi connectivity index (χ0n) is 14.8. The van der Waals surface area contributed by atoms with Gasteiger partial charge < -0.3 is 10.2 Å². The smallest absolute Gasteiger partial charge is 0.194 e. The predicted molar refractivity (Wildman–Crippen MR) is 110 cm³/mol. The van der Waals surface area contributed by atoms with Crippen LogP contribution in [0.15, 0.2) is 4.99 Å². The summed E-state index contributed by atoms with van der Waals surface area (Å²) in [5.74, 6) is 1.42. The number of halogens is 1. The van der Waals surface area contributed by atoms with E-state index in [4.69, 9.17) is 0 Å². The van der Waals surface area contributed by atoms with Crippen molar-refractivity contribution in [3.8, 4) is 0 Å². The quantitative estimate of drug-likeness (QED) is 0.344. The lowest BCUT2D eigenvalue weighted by Crippen LogP contribution is -2.57. The third-order valence-electron chi connectivity index (χ3n) is 5.08. The van der Waals surface area contributed by atoms with Crippen molar-refractivity contribution in [2.75, 3.05) is 36.9 Å². The van der Waals surface area contributed by atoms with Crippen molar-refractivity contribution in [3.63, 3.8) is 0 Å². The van der Waals surface area contributed by atoms with Gasteiger partial charge in [-0.1, -0.05) is 0 Å². The minimum atomic E-state index is -3.09. The van der Waals surface area contributed by atoms with E-state index in [9.17, 15) is 16.8 Å². The van der Waals surface area contributed by atoms with E-state index in [2.05, 4.69) is 10.3 Å². The van der Waals surface area contributed by atoms with Gasteiger partial charge in [0.15, 0.2) is 25.6 Å². The average Bonchev–Trinajstić information content (AvgIpc) is 3.21. The Kier molecular flexibility index (Phi) is 6.35. The van der Waals surface area contributed by atoms with Crippen molar-refractivity contribution in [1.29, 1.82) is 0 Å². The first-order valence-electron chi connectivity index (χ1n) is 8.57. The highest BCUT2D eigenvalue weighted by molar-refractivity contribution is 14.0. The second kappa shape index (κ2) is 7.49. The summed E-state index contributed by atoms with van der Waals surface area (Å²) >= 11 is 0. The summed E-state index contributed by atoms with van der Waals surface area (Å²) < 4.78 is 46.8. The molecule has 10 heteroatoms. The summed E-state index contributed by atoms with van der Waals surface area (Å²) in [5, 5.41) is 3.40. The Balaban J connectivity index is 0.00000225. The summed E-state index contributed by atoms with van der Waals surface area (Å²) in [7, 11) is -5.99. The van der Waals surface area contributed by atoms with Gasteiger partial charge in [0, 0.05) is 25.7 Å². The van der Waals surface area contributed by atoms with E-state index in [1.807, 2.05) is 4.90 Å². The van der Waals surface area contributed by atoms with E-state index in [1.165, 1.54) is 0 Å². The maximum absolute atomic E-state index is 12.2. The van der Waals surface area contributed by atoms with E-state index in [1.54, 1.807) is 13.8 Å². The molecule has 3 fully saturated rings. The van der Waals surface area contributed by atoms with E-state index in [-0.39, 0.29) is 47.2 Å². The highest BCUT2D eigenvalue weighted by atomic mass is 127. The lowest BCUT2D eigenvalue weighted by atomic mass is 10.1. The van der Waals surface area contributed by atoms with E-state index in [0.29, 0.717) is 32.1 Å². The summed E-state index contributed by atoms with van der Waals surface area (Å²) in [4.78, 5) is 6.68. The van der Waals surface area contributed by atoms with Crippen LogP contribution in [0.4, 0.5) is 0 Å². The van der Waals surface area contributed by atoms with Gasteiger partial charge in [-0.25, -0.2) is 16.8 Å². The molecule has 0 aromatic rings. The zero-order chi connectivity index (χ0) is 17.6. The van der Waals surface area contributed by atoms with Gasteiger partial charge in [0.2, 0.25) is 0 Å². The largest absolute Gasteiger partial charge is 0.354 e. The summed E-state index contributed by atoms with van der Waals surface area (Å²) in [6.07, 6.45) is 2.88. The van der Waals surface area contributed by atoms with Gasteiger partial charge in [0.05, 0.1) is 22.0 Å². The minimum absolute atomic E-state index is 0. The molecule has 25 heavy (non-hydrogen) atoms. The number of guanidine groups is 1. The van der Waals surface area contributed by atoms with Gasteiger partial charge in [-0.2, -0.15) is 0 Å². The molecule has 2 saturated heterocycles. The number of aliphatic imine (C=N–C) groups is 1. The van der Waals surface area contributed by atoms with Crippen molar-refractivity contribution in [3.05, 3.63) is 0 Å². The monoisotopic (exact) mass is 505 g/mol. The molecule has 1 saturated carbocycles. The topological polar surface area (TPSA) is 95.9 Å². The average molecular weight is 505 g/mol. The number of nitrogens with zero attached hydrogens (tertiary/aromatic N) is 2. The molecular weight excluding hydrogens is 477 g/mol. The first-order valence-corrected chi connectivity index (χ1v) is 12.0. The van der Waals surface area contributed by atoms with Crippen LogP contribution in [0.25, 0.3) is 0 Å². The minimum Gasteiger partial charge on any atom is -0.354 e. The van der Waals surface area contributed by atoms with Crippen LogP contribution < -0.4 is 5.32 Å². The number of hydrogen-bond donors (Lipinski definition) is 1. The van der Waals surface area contributed by atoms with Crippen LogP contribution in [0.2, 0.25) is 0 Å². The Morgan fingerprint density at radius 3 is 2.36 bits per heavy atom. The Bertz CT molecular complexity index is 730. The van der Waals surface area contributed by atoms with Crippen molar-refractivity contribution in [2.24, 2.45) is 10.9 Å². The van der Waals surface area contributed by atoms with Crippen molar-refractivity contribution >= 4 is 49.6 Å². The van der Waals surface area contributed by atoms with E-state index < -0.39 is 24.4 Å². The predicted octanol–water partition coefficient (Wildman–Crippen LogP) is 0.656. The second-order valence-electron chi connectivity index (χ2n) is 7.85. The van der Waals surface area contributed by atoms with Crippen LogP contribution in [-0.4, -0.2) is 75.4 Å². The summed E-state index contributed by atoms with van der Waals surface area (Å²) in [6, 6.07) is 0.415. The molecule has 1 N–H and O–H groups in total. The molecule has 0 bridgehead atoms. The Morgan fingerprint density at radius 1 is 1.16 bits per heavy atom. The van der Waals surface area contributed by atoms with E-state index in [0.717, 1.165) is 18.8 Å². The highest BCUT2D eigenvalue weighted by Crippen LogP contribution is 2.26. The van der Waals surface area contributed by atoms with Gasteiger partial charge in [-0.15, -0.1) is 24.0 Å².